The van der Waals surface area contributed by atoms with Crippen molar-refractivity contribution >= 4 is 0 Å². The third-order valence-electron chi connectivity index (χ3n) is 3.31. The van der Waals surface area contributed by atoms with Crippen molar-refractivity contribution in [3.63, 3.8) is 0 Å². The Morgan fingerprint density at radius 2 is 2.05 bits per heavy atom. The molecule has 0 bridgehead atoms. The lowest BCUT2D eigenvalue weighted by Gasteiger charge is -2.14. The molecule has 0 fully saturated rings. The zero-order chi connectivity index (χ0) is 14.4. The van der Waals surface area contributed by atoms with Crippen LogP contribution in [0, 0.1) is 0 Å². The molecular formula is C16H23N3O. The minimum absolute atomic E-state index is 0.336. The Balaban J connectivity index is 1.80. The first kappa shape index (κ1) is 14.6. The van der Waals surface area contributed by atoms with Crippen LogP contribution in [0.4, 0.5) is 0 Å². The smallest absolute Gasteiger partial charge is 0.119 e. The average Bonchev–Trinajstić information content (AvgIpc) is 2.85. The van der Waals surface area contributed by atoms with Crippen molar-refractivity contribution in [3.05, 3.63) is 47.8 Å². The van der Waals surface area contributed by atoms with Crippen molar-refractivity contribution in [1.29, 1.82) is 0 Å². The van der Waals surface area contributed by atoms with Gasteiger partial charge in [-0.3, -0.25) is 4.68 Å². The van der Waals surface area contributed by atoms with Crippen LogP contribution in [0.25, 0.3) is 0 Å². The molecule has 2 rings (SSSR count). The van der Waals surface area contributed by atoms with Crippen LogP contribution in [0.2, 0.25) is 0 Å². The van der Waals surface area contributed by atoms with Gasteiger partial charge in [-0.15, -0.1) is 0 Å². The Bertz CT molecular complexity index is 519. The summed E-state index contributed by atoms with van der Waals surface area (Å²) in [4.78, 5) is 0. The normalized spacial score (nSPS) is 12.3. The highest BCUT2D eigenvalue weighted by Gasteiger charge is 2.05. The van der Waals surface area contributed by atoms with Gasteiger partial charge in [0.15, 0.2) is 0 Å². The molecule has 0 saturated carbocycles. The van der Waals surface area contributed by atoms with Gasteiger partial charge in [-0.1, -0.05) is 12.1 Å². The number of aromatic nitrogens is 2. The fourth-order valence-corrected chi connectivity index (χ4v) is 2.17. The third kappa shape index (κ3) is 4.10. The zero-order valence-corrected chi connectivity index (χ0v) is 12.5. The van der Waals surface area contributed by atoms with Crippen LogP contribution in [0.3, 0.4) is 0 Å². The van der Waals surface area contributed by atoms with Gasteiger partial charge < -0.3 is 10.1 Å². The summed E-state index contributed by atoms with van der Waals surface area (Å²) in [6.45, 7) is 5.83. The van der Waals surface area contributed by atoms with Crippen LogP contribution in [0.1, 0.15) is 31.0 Å². The number of ether oxygens (including phenoxy) is 1. The van der Waals surface area contributed by atoms with E-state index >= 15 is 0 Å². The minimum atomic E-state index is 0.336. The van der Waals surface area contributed by atoms with Gasteiger partial charge in [0.05, 0.1) is 12.8 Å². The summed E-state index contributed by atoms with van der Waals surface area (Å²) in [6.07, 6.45) is 4.97. The van der Waals surface area contributed by atoms with E-state index in [9.17, 15) is 0 Å². The standard InChI is InChI=1S/C16H23N3O/c1-4-20-16-7-5-15(6-8-16)13(2)17-10-9-14-11-18-19(3)12-14/h5-8,11-13,17H,4,9-10H2,1-3H3. The fraction of sp³-hybridized carbons (Fsp3) is 0.438. The Morgan fingerprint density at radius 3 is 2.65 bits per heavy atom. The van der Waals surface area contributed by atoms with E-state index in [1.54, 1.807) is 0 Å². The number of hydrogen-bond donors (Lipinski definition) is 1. The van der Waals surface area contributed by atoms with Gasteiger partial charge in [0, 0.05) is 19.3 Å². The van der Waals surface area contributed by atoms with E-state index in [1.807, 2.05) is 37.0 Å². The number of aryl methyl sites for hydroxylation is 1. The molecule has 2 aromatic rings. The topological polar surface area (TPSA) is 39.1 Å². The Labute approximate surface area is 120 Å². The molecule has 1 atom stereocenters. The van der Waals surface area contributed by atoms with E-state index in [2.05, 4.69) is 35.7 Å². The maximum absolute atomic E-state index is 5.45. The Kier molecular flexibility index (Phi) is 5.18. The maximum Gasteiger partial charge on any atom is 0.119 e. The lowest BCUT2D eigenvalue weighted by Crippen LogP contribution is -2.21. The van der Waals surface area contributed by atoms with Crippen LogP contribution in [0.15, 0.2) is 36.7 Å². The first-order valence-electron chi connectivity index (χ1n) is 7.12. The molecule has 0 saturated heterocycles. The van der Waals surface area contributed by atoms with E-state index in [0.29, 0.717) is 12.6 Å². The molecule has 0 amide bonds. The van der Waals surface area contributed by atoms with Gasteiger partial charge in [0.2, 0.25) is 0 Å². The number of rotatable bonds is 7. The van der Waals surface area contributed by atoms with E-state index in [0.717, 1.165) is 18.7 Å². The highest BCUT2D eigenvalue weighted by atomic mass is 16.5. The van der Waals surface area contributed by atoms with E-state index < -0.39 is 0 Å². The highest BCUT2D eigenvalue weighted by molar-refractivity contribution is 5.28. The molecule has 4 heteroatoms. The molecule has 1 aromatic heterocycles. The molecule has 108 valence electrons. The molecule has 1 heterocycles. The summed E-state index contributed by atoms with van der Waals surface area (Å²) >= 11 is 0. The summed E-state index contributed by atoms with van der Waals surface area (Å²) in [7, 11) is 1.94. The molecule has 0 radical (unpaired) electrons. The van der Waals surface area contributed by atoms with E-state index in [4.69, 9.17) is 4.74 Å². The summed E-state index contributed by atoms with van der Waals surface area (Å²) in [6, 6.07) is 8.62. The van der Waals surface area contributed by atoms with Gasteiger partial charge in [0.25, 0.3) is 0 Å². The highest BCUT2D eigenvalue weighted by Crippen LogP contribution is 2.17. The molecule has 0 spiro atoms. The maximum atomic E-state index is 5.45. The predicted molar refractivity (Wildman–Crippen MR) is 80.9 cm³/mol. The largest absolute Gasteiger partial charge is 0.494 e. The first-order chi connectivity index (χ1) is 9.69. The Hall–Kier alpha value is -1.81. The van der Waals surface area contributed by atoms with Crippen LogP contribution >= 0.6 is 0 Å². The lowest BCUT2D eigenvalue weighted by atomic mass is 10.1. The van der Waals surface area contributed by atoms with Crippen molar-refractivity contribution in [2.24, 2.45) is 7.05 Å². The summed E-state index contributed by atoms with van der Waals surface area (Å²) < 4.78 is 7.29. The van der Waals surface area contributed by atoms with Gasteiger partial charge in [0.1, 0.15) is 5.75 Å². The van der Waals surface area contributed by atoms with Crippen molar-refractivity contribution in [3.8, 4) is 5.75 Å². The number of nitrogens with one attached hydrogen (secondary N) is 1. The minimum Gasteiger partial charge on any atom is -0.494 e. The molecule has 1 unspecified atom stereocenters. The number of nitrogens with zero attached hydrogens (tertiary/aromatic N) is 2. The second-order valence-electron chi connectivity index (χ2n) is 4.95. The first-order valence-corrected chi connectivity index (χ1v) is 7.12. The van der Waals surface area contributed by atoms with Crippen molar-refractivity contribution in [2.45, 2.75) is 26.3 Å². The molecular weight excluding hydrogens is 250 g/mol. The molecule has 1 N–H and O–H groups in total. The summed E-state index contributed by atoms with van der Waals surface area (Å²) in [5, 5.41) is 7.70. The van der Waals surface area contributed by atoms with Gasteiger partial charge in [-0.25, -0.2) is 0 Å². The van der Waals surface area contributed by atoms with E-state index in [1.165, 1.54) is 11.1 Å². The van der Waals surface area contributed by atoms with Crippen LogP contribution in [-0.4, -0.2) is 22.9 Å². The molecule has 4 nitrogen and oxygen atoms in total. The molecule has 0 aliphatic heterocycles. The van der Waals surface area contributed by atoms with Crippen molar-refractivity contribution in [1.82, 2.24) is 15.1 Å². The predicted octanol–water partition coefficient (Wildman–Crippen LogP) is 2.71. The van der Waals surface area contributed by atoms with Crippen LogP contribution in [0.5, 0.6) is 5.75 Å². The average molecular weight is 273 g/mol. The molecule has 20 heavy (non-hydrogen) atoms. The monoisotopic (exact) mass is 273 g/mol. The second kappa shape index (κ2) is 7.10. The van der Waals surface area contributed by atoms with Crippen molar-refractivity contribution in [2.75, 3.05) is 13.2 Å². The zero-order valence-electron chi connectivity index (χ0n) is 12.5. The number of hydrogen-bond acceptors (Lipinski definition) is 3. The van der Waals surface area contributed by atoms with Gasteiger partial charge in [-0.05, 0) is 50.1 Å². The van der Waals surface area contributed by atoms with Crippen molar-refractivity contribution < 1.29 is 4.74 Å². The molecule has 0 aliphatic rings. The van der Waals surface area contributed by atoms with Crippen LogP contribution < -0.4 is 10.1 Å². The lowest BCUT2D eigenvalue weighted by molar-refractivity contribution is 0.340. The Morgan fingerprint density at radius 1 is 1.30 bits per heavy atom. The third-order valence-corrected chi connectivity index (χ3v) is 3.31. The molecule has 1 aromatic carbocycles. The summed E-state index contributed by atoms with van der Waals surface area (Å²) in [5.41, 5.74) is 2.54. The van der Waals surface area contributed by atoms with Gasteiger partial charge in [-0.2, -0.15) is 5.10 Å². The molecule has 0 aliphatic carbocycles. The van der Waals surface area contributed by atoms with Crippen LogP contribution in [-0.2, 0) is 13.5 Å². The SMILES string of the molecule is CCOc1ccc(C(C)NCCc2cnn(C)c2)cc1. The quantitative estimate of drug-likeness (QED) is 0.843. The summed E-state index contributed by atoms with van der Waals surface area (Å²) in [5.74, 6) is 0.929. The van der Waals surface area contributed by atoms with E-state index in [-0.39, 0.29) is 0 Å². The second-order valence-corrected chi connectivity index (χ2v) is 4.95. The van der Waals surface area contributed by atoms with Gasteiger partial charge >= 0.3 is 0 Å². The fourth-order valence-electron chi connectivity index (χ4n) is 2.17. The number of benzene rings is 1.